The maximum absolute atomic E-state index is 6.49. The van der Waals surface area contributed by atoms with Crippen LogP contribution in [0.15, 0.2) is 400 Å². The third-order valence-corrected chi connectivity index (χ3v) is 21.2. The lowest BCUT2D eigenvalue weighted by Crippen LogP contribution is -2.02. The van der Waals surface area contributed by atoms with Gasteiger partial charge < -0.3 is 18.7 Å². The molecule has 0 aliphatic rings. The summed E-state index contributed by atoms with van der Waals surface area (Å²) in [4.78, 5) is 33.1. The number of hydrogen-bond acceptors (Lipinski definition) is 6. The van der Waals surface area contributed by atoms with Crippen molar-refractivity contribution in [3.63, 3.8) is 0 Å². The fourth-order valence-electron chi connectivity index (χ4n) is 15.8. The van der Waals surface area contributed by atoms with Crippen LogP contribution in [0, 0.1) is 0 Å². The number of H-pyrrole nitrogens is 1. The van der Waals surface area contributed by atoms with Gasteiger partial charge in [0.1, 0.15) is 0 Å². The Morgan fingerprint density at radius 1 is 0.177 bits per heavy atom. The Morgan fingerprint density at radius 3 is 0.850 bits per heavy atom. The Kier molecular flexibility index (Phi) is 17.4. The molecule has 0 unspecified atom stereocenters. The van der Waals surface area contributed by atoms with Crippen LogP contribution >= 0.6 is 11.6 Å². The van der Waals surface area contributed by atoms with E-state index in [1.807, 2.05) is 152 Å². The van der Waals surface area contributed by atoms with Gasteiger partial charge in [-0.15, -0.1) is 0 Å². The molecule has 0 amide bonds. The number of fused-ring (bicyclic) bond motifs is 12. The lowest BCUT2D eigenvalue weighted by molar-refractivity contribution is 1.07. The maximum Gasteiger partial charge on any atom is 0.164 e. The molecular formula is C102H67ClN10. The lowest BCUT2D eigenvalue weighted by Gasteiger charge is -2.15. The van der Waals surface area contributed by atoms with Gasteiger partial charge in [-0.1, -0.05) is 303 Å². The summed E-state index contributed by atoms with van der Waals surface area (Å²) in [5.74, 6) is 3.74. The van der Waals surface area contributed by atoms with E-state index in [0.29, 0.717) is 40.0 Å². The molecule has 532 valence electrons. The number of halogens is 1. The first-order valence-corrected chi connectivity index (χ1v) is 38.1. The summed E-state index contributed by atoms with van der Waals surface area (Å²) in [5.41, 5.74) is 22.7. The highest BCUT2D eigenvalue weighted by Crippen LogP contribution is 2.41. The molecule has 0 spiro atoms. The Bertz CT molecular complexity index is 7080. The molecule has 0 bridgehead atoms. The normalized spacial score (nSPS) is 11.4. The molecule has 0 saturated heterocycles. The summed E-state index contributed by atoms with van der Waals surface area (Å²) in [6.07, 6.45) is 0. The standard InChI is InChI=1S/C51H33N5.C27H18ClN3.C24H16N2/c1-4-16-34(17-5-1)37-30-38(51-53-49(35-18-6-2-7-19-35)52-50(54-51)36-20-8-3-9-21-36)32-40(31-37)56-47-27-15-12-24-43(47)44-33-39(28-29-48(44)56)55-45-25-13-10-22-41(45)42-23-11-14-26-46(42)55;28-24-17-22(19-10-4-1-5-11-19)16-23(18-24)27-30-25(20-12-6-2-7-13-20)29-26(31-27)21-14-8-3-9-15-21;1-4-10-21-17(7-1)20-15-16(13-14-22(20)25-21)26-23-11-5-2-8-18(23)19-9-3-6-12-24(19)26/h1-33H;1-18H;1-15,25H. The third kappa shape index (κ3) is 12.9. The predicted octanol–water partition coefficient (Wildman–Crippen LogP) is 26.3. The van der Waals surface area contributed by atoms with Crippen LogP contribution in [0.5, 0.6) is 0 Å². The number of nitrogens with one attached hydrogen (secondary N) is 1. The van der Waals surface area contributed by atoms with Gasteiger partial charge in [-0.25, -0.2) is 29.9 Å². The summed E-state index contributed by atoms with van der Waals surface area (Å²) in [7, 11) is 0. The molecule has 6 heterocycles. The Morgan fingerprint density at radius 2 is 0.442 bits per heavy atom. The second-order valence-corrected chi connectivity index (χ2v) is 28.4. The first-order chi connectivity index (χ1) is 55.9. The average molecular weight is 1470 g/mol. The van der Waals surface area contributed by atoms with Crippen molar-refractivity contribution in [1.82, 2.24) is 48.6 Å². The zero-order valence-electron chi connectivity index (χ0n) is 61.0. The molecule has 0 aliphatic carbocycles. The average Bonchev–Trinajstić information content (AvgIpc) is 1.58. The van der Waals surface area contributed by atoms with Crippen molar-refractivity contribution in [2.45, 2.75) is 0 Å². The lowest BCUT2D eigenvalue weighted by atomic mass is 10.0. The van der Waals surface area contributed by atoms with E-state index in [9.17, 15) is 0 Å². The first-order valence-electron chi connectivity index (χ1n) is 37.8. The van der Waals surface area contributed by atoms with E-state index in [1.165, 1.54) is 81.9 Å². The van der Waals surface area contributed by atoms with Gasteiger partial charge in [-0.3, -0.25) is 0 Å². The summed E-state index contributed by atoms with van der Waals surface area (Å²) >= 11 is 6.49. The van der Waals surface area contributed by atoms with Gasteiger partial charge in [-0.05, 0) is 131 Å². The molecule has 22 aromatic rings. The second-order valence-electron chi connectivity index (χ2n) is 28.0. The molecule has 0 atom stereocenters. The zero-order chi connectivity index (χ0) is 75.1. The highest BCUT2D eigenvalue weighted by Gasteiger charge is 2.22. The molecule has 22 rings (SSSR count). The van der Waals surface area contributed by atoms with Crippen molar-refractivity contribution in [1.29, 1.82) is 0 Å². The number of hydrogen-bond donors (Lipinski definition) is 1. The van der Waals surface area contributed by atoms with E-state index in [2.05, 4.69) is 267 Å². The number of aromatic nitrogens is 10. The largest absolute Gasteiger partial charge is 0.355 e. The summed E-state index contributed by atoms with van der Waals surface area (Å²) in [6, 6.07) is 139. The van der Waals surface area contributed by atoms with E-state index >= 15 is 0 Å². The van der Waals surface area contributed by atoms with Crippen molar-refractivity contribution < 1.29 is 0 Å². The topological polar surface area (TPSA) is 108 Å². The predicted molar refractivity (Wildman–Crippen MR) is 467 cm³/mol. The summed E-state index contributed by atoms with van der Waals surface area (Å²) in [5, 5.41) is 10.6. The van der Waals surface area contributed by atoms with Crippen LogP contribution in [0.1, 0.15) is 0 Å². The molecule has 10 nitrogen and oxygen atoms in total. The Balaban J connectivity index is 0.000000122. The Hall–Kier alpha value is -15.0. The van der Waals surface area contributed by atoms with Gasteiger partial charge in [0.15, 0.2) is 34.9 Å². The van der Waals surface area contributed by atoms with Crippen molar-refractivity contribution in [2.24, 2.45) is 0 Å². The van der Waals surface area contributed by atoms with E-state index in [-0.39, 0.29) is 0 Å². The molecule has 0 radical (unpaired) electrons. The molecular weight excluding hydrogens is 1400 g/mol. The molecule has 11 heteroatoms. The van der Waals surface area contributed by atoms with Crippen LogP contribution in [-0.4, -0.2) is 48.6 Å². The molecule has 1 N–H and O–H groups in total. The molecule has 113 heavy (non-hydrogen) atoms. The van der Waals surface area contributed by atoms with Crippen molar-refractivity contribution >= 4 is 98.8 Å². The van der Waals surface area contributed by atoms with Gasteiger partial charge in [-0.2, -0.15) is 0 Å². The van der Waals surface area contributed by atoms with Gasteiger partial charge in [0, 0.05) is 110 Å². The molecule has 16 aromatic carbocycles. The van der Waals surface area contributed by atoms with Crippen LogP contribution in [0.2, 0.25) is 5.02 Å². The maximum atomic E-state index is 6.49. The minimum atomic E-state index is 0.590. The number of para-hydroxylation sites is 6. The highest BCUT2D eigenvalue weighted by atomic mass is 35.5. The van der Waals surface area contributed by atoms with Crippen molar-refractivity contribution in [3.8, 4) is 108 Å². The van der Waals surface area contributed by atoms with Crippen LogP contribution in [0.4, 0.5) is 0 Å². The highest BCUT2D eigenvalue weighted by molar-refractivity contribution is 6.31. The summed E-state index contributed by atoms with van der Waals surface area (Å²) in [6.45, 7) is 0. The number of nitrogens with zero attached hydrogens (tertiary/aromatic N) is 9. The van der Waals surface area contributed by atoms with Crippen LogP contribution in [-0.2, 0) is 0 Å². The SMILES string of the molecule is Clc1cc(-c2ccccc2)cc(-c2nc(-c3ccccc3)nc(-c3ccccc3)n2)c1.c1ccc(-c2cc(-c3nc(-c4ccccc4)nc(-c4ccccc4)n3)cc(-n3c4ccccc4c4cc(-n5c6ccccc6c6ccccc65)ccc43)c2)cc1.c1ccc2c(c1)[nH]c1ccc(-n3c4ccccc4c4ccccc43)cc12. The minimum absolute atomic E-state index is 0.590. The summed E-state index contributed by atoms with van der Waals surface area (Å²) < 4.78 is 7.14. The molecule has 0 saturated carbocycles. The number of benzene rings is 16. The fraction of sp³-hybridized carbons (Fsp3) is 0. The van der Waals surface area contributed by atoms with E-state index in [1.54, 1.807) is 0 Å². The van der Waals surface area contributed by atoms with Crippen LogP contribution in [0.3, 0.4) is 0 Å². The zero-order valence-corrected chi connectivity index (χ0v) is 61.8. The van der Waals surface area contributed by atoms with Gasteiger partial charge in [0.2, 0.25) is 0 Å². The first kappa shape index (κ1) is 67.4. The minimum Gasteiger partial charge on any atom is -0.355 e. The number of aromatic amines is 1. The van der Waals surface area contributed by atoms with Crippen LogP contribution in [0.25, 0.3) is 195 Å². The monoisotopic (exact) mass is 1470 g/mol. The van der Waals surface area contributed by atoms with E-state index in [0.717, 1.165) is 78.0 Å². The van der Waals surface area contributed by atoms with Gasteiger partial charge in [0.25, 0.3) is 0 Å². The quantitative estimate of drug-likeness (QED) is 0.138. The van der Waals surface area contributed by atoms with E-state index in [4.69, 9.17) is 41.5 Å². The molecule has 0 aliphatic heterocycles. The fourth-order valence-corrected chi connectivity index (χ4v) is 16.0. The molecule has 6 aromatic heterocycles. The smallest absolute Gasteiger partial charge is 0.164 e. The second kappa shape index (κ2) is 29.2. The van der Waals surface area contributed by atoms with Gasteiger partial charge in [0.05, 0.1) is 33.1 Å². The van der Waals surface area contributed by atoms with Crippen molar-refractivity contribution in [3.05, 3.63) is 405 Å². The molecule has 0 fully saturated rings. The van der Waals surface area contributed by atoms with Crippen LogP contribution < -0.4 is 0 Å². The number of rotatable bonds is 11. The Labute approximate surface area is 656 Å². The van der Waals surface area contributed by atoms with Gasteiger partial charge >= 0.3 is 0 Å². The van der Waals surface area contributed by atoms with E-state index < -0.39 is 0 Å². The van der Waals surface area contributed by atoms with Crippen molar-refractivity contribution in [2.75, 3.05) is 0 Å². The third-order valence-electron chi connectivity index (χ3n) is 21.0.